The summed E-state index contributed by atoms with van der Waals surface area (Å²) in [7, 11) is 0. The van der Waals surface area contributed by atoms with Crippen LogP contribution in [0.3, 0.4) is 0 Å². The molecule has 0 fully saturated rings. The van der Waals surface area contributed by atoms with Crippen molar-refractivity contribution in [2.75, 3.05) is 5.32 Å². The largest absolute Gasteiger partial charge is 0.379 e. The molecule has 3 rings (SSSR count). The highest BCUT2D eigenvalue weighted by Gasteiger charge is 2.06. The molecule has 1 aromatic heterocycles. The molecule has 0 aliphatic rings. The van der Waals surface area contributed by atoms with Crippen molar-refractivity contribution < 1.29 is 4.39 Å². The van der Waals surface area contributed by atoms with Gasteiger partial charge in [-0.3, -0.25) is 4.79 Å². The molecule has 26 heavy (non-hydrogen) atoms. The number of para-hydroxylation sites is 1. The van der Waals surface area contributed by atoms with Gasteiger partial charge < -0.3 is 5.32 Å². The van der Waals surface area contributed by atoms with Gasteiger partial charge in [0.1, 0.15) is 11.6 Å². The van der Waals surface area contributed by atoms with Crippen molar-refractivity contribution in [3.8, 4) is 0 Å². The van der Waals surface area contributed by atoms with Crippen LogP contribution in [0.15, 0.2) is 70.6 Å². The number of anilines is 1. The Bertz CT molecular complexity index is 979. The minimum atomic E-state index is -0.313. The Morgan fingerprint density at radius 2 is 1.85 bits per heavy atom. The maximum absolute atomic E-state index is 13.0. The average Bonchev–Trinajstić information content (AvgIpc) is 2.64. The van der Waals surface area contributed by atoms with Crippen LogP contribution in [0.1, 0.15) is 24.0 Å². The number of hydrogen-bond acceptors (Lipinski definition) is 4. The Kier molecular flexibility index (Phi) is 5.22. The van der Waals surface area contributed by atoms with Crippen LogP contribution in [0.4, 0.5) is 10.1 Å². The molecule has 0 saturated carbocycles. The number of benzene rings is 2. The minimum Gasteiger partial charge on any atom is -0.379 e. The fourth-order valence-corrected chi connectivity index (χ4v) is 2.51. The Labute approximate surface area is 150 Å². The maximum atomic E-state index is 13.0. The Morgan fingerprint density at radius 1 is 1.15 bits per heavy atom. The van der Waals surface area contributed by atoms with E-state index in [1.54, 1.807) is 26.0 Å². The highest BCUT2D eigenvalue weighted by Crippen LogP contribution is 2.08. The van der Waals surface area contributed by atoms with Gasteiger partial charge in [0, 0.05) is 11.8 Å². The highest BCUT2D eigenvalue weighted by molar-refractivity contribution is 5.98. The zero-order chi connectivity index (χ0) is 18.5. The predicted octanol–water partition coefficient (Wildman–Crippen LogP) is 3.58. The molecule has 5 nitrogen and oxygen atoms in total. The molecule has 0 atom stereocenters. The predicted molar refractivity (Wildman–Crippen MR) is 101 cm³/mol. The first-order valence-corrected chi connectivity index (χ1v) is 8.23. The van der Waals surface area contributed by atoms with Crippen LogP contribution < -0.4 is 10.9 Å². The fraction of sp³-hybridized carbons (Fsp3) is 0.150. The summed E-state index contributed by atoms with van der Waals surface area (Å²) in [5.74, 6) is 0.177. The van der Waals surface area contributed by atoms with Crippen LogP contribution in [0.2, 0.25) is 0 Å². The van der Waals surface area contributed by atoms with E-state index in [4.69, 9.17) is 0 Å². The molecular weight excluding hydrogens is 331 g/mol. The molecule has 0 amide bonds. The van der Waals surface area contributed by atoms with E-state index in [1.165, 1.54) is 22.9 Å². The zero-order valence-corrected chi connectivity index (χ0v) is 14.6. The monoisotopic (exact) mass is 350 g/mol. The number of nitrogens with zero attached hydrogens (tertiary/aromatic N) is 3. The Balaban J connectivity index is 1.82. The van der Waals surface area contributed by atoms with Crippen LogP contribution >= 0.6 is 0 Å². The highest BCUT2D eigenvalue weighted by atomic mass is 19.1. The van der Waals surface area contributed by atoms with E-state index in [0.29, 0.717) is 23.8 Å². The Hall–Kier alpha value is -3.28. The summed E-state index contributed by atoms with van der Waals surface area (Å²) in [5.41, 5.74) is 2.69. The number of aryl methyl sites for hydroxylation is 1. The fourth-order valence-electron chi connectivity index (χ4n) is 2.51. The van der Waals surface area contributed by atoms with Gasteiger partial charge in [-0.15, -0.1) is 0 Å². The van der Waals surface area contributed by atoms with Crippen LogP contribution in [0.5, 0.6) is 0 Å². The van der Waals surface area contributed by atoms with E-state index in [0.717, 1.165) is 11.3 Å². The van der Waals surface area contributed by atoms with E-state index in [9.17, 15) is 9.18 Å². The lowest BCUT2D eigenvalue weighted by Crippen LogP contribution is -2.22. The van der Waals surface area contributed by atoms with E-state index < -0.39 is 0 Å². The lowest BCUT2D eigenvalue weighted by Gasteiger charge is -2.09. The molecule has 132 valence electrons. The topological polar surface area (TPSA) is 59.3 Å². The summed E-state index contributed by atoms with van der Waals surface area (Å²) in [5, 5.41) is 7.56. The summed E-state index contributed by atoms with van der Waals surface area (Å²) >= 11 is 0. The van der Waals surface area contributed by atoms with Gasteiger partial charge in [-0.2, -0.15) is 9.78 Å². The third-order valence-corrected chi connectivity index (χ3v) is 3.87. The second-order valence-corrected chi connectivity index (χ2v) is 5.86. The SMILES string of the molecule is CC(=Nn1c(C)nc(CNc2ccccc2)cc1=O)c1ccc(F)cc1. The molecule has 1 heterocycles. The normalized spacial score (nSPS) is 11.4. The first-order valence-electron chi connectivity index (χ1n) is 8.23. The van der Waals surface area contributed by atoms with Crippen molar-refractivity contribution in [2.24, 2.45) is 5.10 Å². The second kappa shape index (κ2) is 7.74. The molecular formula is C20H19FN4O. The molecule has 0 radical (unpaired) electrons. The number of halogens is 1. The van der Waals surface area contributed by atoms with Crippen LogP contribution in [0, 0.1) is 12.7 Å². The second-order valence-electron chi connectivity index (χ2n) is 5.86. The molecule has 0 unspecified atom stereocenters. The Morgan fingerprint density at radius 3 is 2.50 bits per heavy atom. The van der Waals surface area contributed by atoms with Gasteiger partial charge in [-0.05, 0) is 43.7 Å². The van der Waals surface area contributed by atoms with Gasteiger partial charge in [0.2, 0.25) is 0 Å². The van der Waals surface area contributed by atoms with E-state index in [-0.39, 0.29) is 11.4 Å². The van der Waals surface area contributed by atoms with Gasteiger partial charge in [0.25, 0.3) is 5.56 Å². The van der Waals surface area contributed by atoms with Crippen molar-refractivity contribution in [2.45, 2.75) is 20.4 Å². The molecule has 0 saturated heterocycles. The number of nitrogens with one attached hydrogen (secondary N) is 1. The summed E-state index contributed by atoms with van der Waals surface area (Å²) in [4.78, 5) is 16.9. The average molecular weight is 350 g/mol. The van der Waals surface area contributed by atoms with Crippen molar-refractivity contribution in [1.29, 1.82) is 0 Å². The molecule has 2 aromatic carbocycles. The first kappa shape index (κ1) is 17.5. The molecule has 0 spiro atoms. The van der Waals surface area contributed by atoms with Gasteiger partial charge in [-0.1, -0.05) is 30.3 Å². The molecule has 6 heteroatoms. The molecule has 1 N–H and O–H groups in total. The van der Waals surface area contributed by atoms with Gasteiger partial charge >= 0.3 is 0 Å². The van der Waals surface area contributed by atoms with E-state index >= 15 is 0 Å². The molecule has 3 aromatic rings. The van der Waals surface area contributed by atoms with Crippen LogP contribution in [-0.4, -0.2) is 15.4 Å². The lowest BCUT2D eigenvalue weighted by atomic mass is 10.1. The third kappa shape index (κ3) is 4.22. The number of rotatable bonds is 5. The van der Waals surface area contributed by atoms with Gasteiger partial charge in [0.15, 0.2) is 0 Å². The minimum absolute atomic E-state index is 0.260. The molecule has 0 aliphatic heterocycles. The van der Waals surface area contributed by atoms with Crippen molar-refractivity contribution in [3.63, 3.8) is 0 Å². The van der Waals surface area contributed by atoms with Crippen LogP contribution in [0.25, 0.3) is 0 Å². The maximum Gasteiger partial charge on any atom is 0.274 e. The quantitative estimate of drug-likeness (QED) is 0.716. The summed E-state index contributed by atoms with van der Waals surface area (Å²) in [6.45, 7) is 3.94. The van der Waals surface area contributed by atoms with Gasteiger partial charge in [-0.25, -0.2) is 9.37 Å². The zero-order valence-electron chi connectivity index (χ0n) is 14.6. The number of aromatic nitrogens is 2. The molecule has 0 aliphatic carbocycles. The molecule has 0 bridgehead atoms. The van der Waals surface area contributed by atoms with Gasteiger partial charge in [0.05, 0.1) is 18.0 Å². The summed E-state index contributed by atoms with van der Waals surface area (Å²) in [6.07, 6.45) is 0. The summed E-state index contributed by atoms with van der Waals surface area (Å²) in [6, 6.07) is 17.1. The summed E-state index contributed by atoms with van der Waals surface area (Å²) < 4.78 is 14.3. The van der Waals surface area contributed by atoms with Crippen LogP contribution in [-0.2, 0) is 6.54 Å². The lowest BCUT2D eigenvalue weighted by molar-refractivity contribution is 0.627. The number of hydrogen-bond donors (Lipinski definition) is 1. The third-order valence-electron chi connectivity index (χ3n) is 3.87. The smallest absolute Gasteiger partial charge is 0.274 e. The standard InChI is InChI=1S/C20H19FN4O/c1-14(16-8-10-17(21)11-9-16)24-25-15(2)23-19(12-20(25)26)13-22-18-6-4-3-5-7-18/h3-12,22H,13H2,1-2H3. The van der Waals surface area contributed by atoms with Crippen molar-refractivity contribution in [3.05, 3.63) is 93.9 Å². The van der Waals surface area contributed by atoms with E-state index in [1.807, 2.05) is 30.3 Å². The van der Waals surface area contributed by atoms with Crippen molar-refractivity contribution >= 4 is 11.4 Å². The van der Waals surface area contributed by atoms with E-state index in [2.05, 4.69) is 15.4 Å². The first-order chi connectivity index (χ1) is 12.5. The van der Waals surface area contributed by atoms with Crippen molar-refractivity contribution in [1.82, 2.24) is 9.66 Å².